The van der Waals surface area contributed by atoms with Crippen molar-refractivity contribution in [2.45, 2.75) is 18.9 Å². The van der Waals surface area contributed by atoms with Gasteiger partial charge in [0.1, 0.15) is 11.4 Å². The van der Waals surface area contributed by atoms with Crippen LogP contribution in [0.5, 0.6) is 5.75 Å². The van der Waals surface area contributed by atoms with Gasteiger partial charge in [0.2, 0.25) is 0 Å². The zero-order valence-corrected chi connectivity index (χ0v) is 13.9. The second-order valence-electron chi connectivity index (χ2n) is 5.92. The summed E-state index contributed by atoms with van der Waals surface area (Å²) >= 11 is 0. The molecule has 24 heavy (non-hydrogen) atoms. The molecular formula is C17H22N4O3. The number of carbonyl (C=O) groups excluding carboxylic acids is 1. The molecule has 0 bridgehead atoms. The summed E-state index contributed by atoms with van der Waals surface area (Å²) in [6.07, 6.45) is 3.31. The molecule has 1 amide bonds. The van der Waals surface area contributed by atoms with E-state index in [1.807, 2.05) is 24.3 Å². The van der Waals surface area contributed by atoms with Gasteiger partial charge in [0.15, 0.2) is 0 Å². The van der Waals surface area contributed by atoms with Crippen LogP contribution in [0, 0.1) is 5.92 Å². The molecule has 7 nitrogen and oxygen atoms in total. The number of aromatic nitrogens is 3. The van der Waals surface area contributed by atoms with Crippen molar-refractivity contribution >= 4 is 5.91 Å². The molecule has 1 saturated heterocycles. The van der Waals surface area contributed by atoms with E-state index in [-0.39, 0.29) is 11.9 Å². The Morgan fingerprint density at radius 1 is 1.33 bits per heavy atom. The van der Waals surface area contributed by atoms with Crippen LogP contribution in [0.2, 0.25) is 0 Å². The van der Waals surface area contributed by atoms with Crippen LogP contribution < -0.4 is 10.1 Å². The monoisotopic (exact) mass is 330 g/mol. The molecule has 1 unspecified atom stereocenters. The molecule has 1 fully saturated rings. The molecule has 2 aromatic rings. The maximum absolute atomic E-state index is 12.6. The zero-order valence-electron chi connectivity index (χ0n) is 13.9. The number of nitrogens with zero attached hydrogens (tertiary/aromatic N) is 3. The summed E-state index contributed by atoms with van der Waals surface area (Å²) in [5.74, 6) is 0.957. The highest BCUT2D eigenvalue weighted by atomic mass is 16.5. The first-order valence-corrected chi connectivity index (χ1v) is 8.06. The molecule has 128 valence electrons. The van der Waals surface area contributed by atoms with Gasteiger partial charge in [-0.25, -0.2) is 4.68 Å². The van der Waals surface area contributed by atoms with Crippen LogP contribution in [0.1, 0.15) is 34.9 Å². The number of aryl methyl sites for hydroxylation is 1. The molecule has 0 spiro atoms. The summed E-state index contributed by atoms with van der Waals surface area (Å²) in [5.41, 5.74) is 1.51. The van der Waals surface area contributed by atoms with Crippen molar-refractivity contribution in [3.05, 3.63) is 41.7 Å². The van der Waals surface area contributed by atoms with Gasteiger partial charge in [0, 0.05) is 20.3 Å². The van der Waals surface area contributed by atoms with Crippen LogP contribution in [0.3, 0.4) is 0 Å². The van der Waals surface area contributed by atoms with Gasteiger partial charge in [-0.1, -0.05) is 17.3 Å². The molecule has 1 aromatic carbocycles. The van der Waals surface area contributed by atoms with E-state index in [9.17, 15) is 4.79 Å². The van der Waals surface area contributed by atoms with Crippen molar-refractivity contribution in [2.24, 2.45) is 13.0 Å². The van der Waals surface area contributed by atoms with Gasteiger partial charge in [0.25, 0.3) is 5.91 Å². The molecule has 2 heterocycles. The average Bonchev–Trinajstić information content (AvgIpc) is 3.06. The summed E-state index contributed by atoms with van der Waals surface area (Å²) in [4.78, 5) is 12.6. The van der Waals surface area contributed by atoms with Crippen LogP contribution in [0.25, 0.3) is 0 Å². The highest BCUT2D eigenvalue weighted by Crippen LogP contribution is 2.31. The Kier molecular flexibility index (Phi) is 5.10. The Bertz CT molecular complexity index is 677. The van der Waals surface area contributed by atoms with Gasteiger partial charge in [0.05, 0.1) is 19.3 Å². The fourth-order valence-electron chi connectivity index (χ4n) is 3.04. The fraction of sp³-hybridized carbons (Fsp3) is 0.471. The van der Waals surface area contributed by atoms with E-state index in [0.717, 1.165) is 37.4 Å². The number of hydrogen-bond donors (Lipinski definition) is 1. The Labute approximate surface area is 141 Å². The predicted octanol–water partition coefficient (Wildman–Crippen LogP) is 1.72. The lowest BCUT2D eigenvalue weighted by Crippen LogP contribution is -2.36. The molecule has 0 aliphatic carbocycles. The summed E-state index contributed by atoms with van der Waals surface area (Å²) in [5, 5.41) is 10.7. The number of amides is 1. The van der Waals surface area contributed by atoms with Crippen LogP contribution in [0.4, 0.5) is 0 Å². The Morgan fingerprint density at radius 3 is 2.62 bits per heavy atom. The summed E-state index contributed by atoms with van der Waals surface area (Å²) < 4.78 is 12.2. The van der Waals surface area contributed by atoms with Gasteiger partial charge in [-0.3, -0.25) is 4.79 Å². The van der Waals surface area contributed by atoms with Crippen molar-refractivity contribution in [1.29, 1.82) is 0 Å². The Balaban J connectivity index is 1.83. The van der Waals surface area contributed by atoms with Gasteiger partial charge in [-0.05, 0) is 36.5 Å². The first kappa shape index (κ1) is 16.4. The van der Waals surface area contributed by atoms with E-state index in [4.69, 9.17) is 9.47 Å². The largest absolute Gasteiger partial charge is 0.497 e. The third kappa shape index (κ3) is 3.56. The molecule has 0 saturated carbocycles. The quantitative estimate of drug-likeness (QED) is 0.903. The SMILES string of the molecule is COc1ccc(C(NC(=O)c2cnnn2C)C2CCOCC2)cc1. The van der Waals surface area contributed by atoms with Crippen LogP contribution >= 0.6 is 0 Å². The minimum Gasteiger partial charge on any atom is -0.497 e. The normalized spacial score (nSPS) is 16.6. The van der Waals surface area contributed by atoms with Crippen molar-refractivity contribution < 1.29 is 14.3 Å². The molecule has 0 radical (unpaired) electrons. The number of hydrogen-bond acceptors (Lipinski definition) is 5. The molecule has 3 rings (SSSR count). The summed E-state index contributed by atoms with van der Waals surface area (Å²) in [6.45, 7) is 1.45. The second kappa shape index (κ2) is 7.44. The zero-order chi connectivity index (χ0) is 16.9. The van der Waals surface area contributed by atoms with E-state index in [1.54, 1.807) is 14.2 Å². The van der Waals surface area contributed by atoms with Gasteiger partial charge < -0.3 is 14.8 Å². The highest BCUT2D eigenvalue weighted by molar-refractivity contribution is 5.92. The van der Waals surface area contributed by atoms with Crippen molar-refractivity contribution in [3.63, 3.8) is 0 Å². The lowest BCUT2D eigenvalue weighted by molar-refractivity contribution is 0.0512. The number of nitrogens with one attached hydrogen (secondary N) is 1. The number of benzene rings is 1. The molecule has 1 aliphatic rings. The van der Waals surface area contributed by atoms with Crippen molar-refractivity contribution in [1.82, 2.24) is 20.3 Å². The second-order valence-corrected chi connectivity index (χ2v) is 5.92. The first-order valence-electron chi connectivity index (χ1n) is 8.06. The number of ether oxygens (including phenoxy) is 2. The van der Waals surface area contributed by atoms with Gasteiger partial charge in [-0.15, -0.1) is 5.10 Å². The van der Waals surface area contributed by atoms with E-state index in [1.165, 1.54) is 10.9 Å². The topological polar surface area (TPSA) is 78.3 Å². The fourth-order valence-corrected chi connectivity index (χ4v) is 3.04. The predicted molar refractivity (Wildman–Crippen MR) is 87.7 cm³/mol. The third-order valence-electron chi connectivity index (χ3n) is 4.45. The molecule has 1 aliphatic heterocycles. The minimum absolute atomic E-state index is 0.0813. The molecular weight excluding hydrogens is 308 g/mol. The van der Waals surface area contributed by atoms with Crippen LogP contribution in [0.15, 0.2) is 30.5 Å². The molecule has 1 N–H and O–H groups in total. The van der Waals surface area contributed by atoms with Crippen LogP contribution in [-0.4, -0.2) is 41.2 Å². The van der Waals surface area contributed by atoms with E-state index in [0.29, 0.717) is 11.6 Å². The Morgan fingerprint density at radius 2 is 2.04 bits per heavy atom. The summed E-state index contributed by atoms with van der Waals surface area (Å²) in [7, 11) is 3.35. The lowest BCUT2D eigenvalue weighted by atomic mass is 9.87. The summed E-state index contributed by atoms with van der Waals surface area (Å²) in [6, 6.07) is 7.75. The first-order chi connectivity index (χ1) is 11.7. The maximum atomic E-state index is 12.6. The average molecular weight is 330 g/mol. The molecule has 1 atom stereocenters. The van der Waals surface area contributed by atoms with E-state index >= 15 is 0 Å². The van der Waals surface area contributed by atoms with Gasteiger partial charge >= 0.3 is 0 Å². The third-order valence-corrected chi connectivity index (χ3v) is 4.45. The minimum atomic E-state index is -0.171. The number of carbonyl (C=O) groups is 1. The number of methoxy groups -OCH3 is 1. The highest BCUT2D eigenvalue weighted by Gasteiger charge is 2.28. The molecule has 1 aromatic heterocycles. The maximum Gasteiger partial charge on any atom is 0.271 e. The Hall–Kier alpha value is -2.41. The van der Waals surface area contributed by atoms with Gasteiger partial charge in [-0.2, -0.15) is 0 Å². The van der Waals surface area contributed by atoms with Crippen molar-refractivity contribution in [2.75, 3.05) is 20.3 Å². The standard InChI is InChI=1S/C17H22N4O3/c1-21-15(11-18-20-21)17(22)19-16(13-7-9-24-10-8-13)12-3-5-14(23-2)6-4-12/h3-6,11,13,16H,7-10H2,1-2H3,(H,19,22). The van der Waals surface area contributed by atoms with E-state index < -0.39 is 0 Å². The molecule has 7 heteroatoms. The van der Waals surface area contributed by atoms with Crippen LogP contribution in [-0.2, 0) is 11.8 Å². The lowest BCUT2D eigenvalue weighted by Gasteiger charge is -2.31. The van der Waals surface area contributed by atoms with Crippen molar-refractivity contribution in [3.8, 4) is 5.75 Å². The van der Waals surface area contributed by atoms with E-state index in [2.05, 4.69) is 15.6 Å². The smallest absolute Gasteiger partial charge is 0.271 e. The number of rotatable bonds is 5.